The highest BCUT2D eigenvalue weighted by molar-refractivity contribution is 6.35. The number of aromatic nitrogens is 3. The molecule has 0 bridgehead atoms. The van der Waals surface area contributed by atoms with Gasteiger partial charge in [-0.15, -0.1) is 0 Å². The van der Waals surface area contributed by atoms with Crippen LogP contribution in [0.3, 0.4) is 0 Å². The Morgan fingerprint density at radius 1 is 1.10 bits per heavy atom. The highest BCUT2D eigenvalue weighted by Crippen LogP contribution is 2.35. The van der Waals surface area contributed by atoms with Gasteiger partial charge in [0, 0.05) is 17.5 Å². The van der Waals surface area contributed by atoms with E-state index >= 15 is 0 Å². The zero-order chi connectivity index (χ0) is 20.5. The van der Waals surface area contributed by atoms with Crippen LogP contribution in [0.1, 0.15) is 19.3 Å². The highest BCUT2D eigenvalue weighted by atomic mass is 35.5. The molecule has 1 fully saturated rings. The van der Waals surface area contributed by atoms with Crippen LogP contribution in [0.2, 0.25) is 5.15 Å². The second-order valence-electron chi connectivity index (χ2n) is 7.92. The molecule has 0 radical (unpaired) electrons. The van der Waals surface area contributed by atoms with Crippen molar-refractivity contribution >= 4 is 33.5 Å². The molecule has 0 amide bonds. The van der Waals surface area contributed by atoms with Gasteiger partial charge >= 0.3 is 0 Å². The van der Waals surface area contributed by atoms with E-state index in [1.165, 1.54) is 12.8 Å². The summed E-state index contributed by atoms with van der Waals surface area (Å²) < 4.78 is 7.83. The Hall–Kier alpha value is -2.63. The fourth-order valence-corrected chi connectivity index (χ4v) is 4.69. The third kappa shape index (κ3) is 3.53. The molecule has 0 spiro atoms. The number of nitrogens with zero attached hydrogens (tertiary/aromatic N) is 3. The number of pyridine rings is 1. The van der Waals surface area contributed by atoms with Crippen LogP contribution in [0.4, 0.5) is 0 Å². The minimum absolute atomic E-state index is 0.445. The fraction of sp³-hybridized carbons (Fsp3) is 0.333. The van der Waals surface area contributed by atoms with Crippen LogP contribution in [0.5, 0.6) is 5.75 Å². The van der Waals surface area contributed by atoms with Crippen LogP contribution in [0, 0.1) is 5.92 Å². The van der Waals surface area contributed by atoms with Gasteiger partial charge in [0.25, 0.3) is 0 Å². The summed E-state index contributed by atoms with van der Waals surface area (Å²) in [5.74, 6) is 2.48. The average molecular weight is 421 g/mol. The molecule has 5 rings (SSSR count). The Kier molecular flexibility index (Phi) is 5.32. The lowest BCUT2D eigenvalue weighted by Gasteiger charge is -2.23. The van der Waals surface area contributed by atoms with Crippen molar-refractivity contribution in [3.05, 3.63) is 53.7 Å². The van der Waals surface area contributed by atoms with Crippen LogP contribution in [-0.2, 0) is 6.54 Å². The number of aryl methyl sites for hydroxylation is 1. The van der Waals surface area contributed by atoms with Gasteiger partial charge in [-0.1, -0.05) is 41.9 Å². The quantitative estimate of drug-likeness (QED) is 0.445. The summed E-state index contributed by atoms with van der Waals surface area (Å²) in [4.78, 5) is 9.57. The first-order valence-corrected chi connectivity index (χ1v) is 10.9. The molecule has 2 aromatic heterocycles. The van der Waals surface area contributed by atoms with Crippen molar-refractivity contribution in [1.29, 1.82) is 0 Å². The molecular formula is C24H25ClN4O. The van der Waals surface area contributed by atoms with Crippen molar-refractivity contribution < 1.29 is 4.74 Å². The molecule has 6 heteroatoms. The summed E-state index contributed by atoms with van der Waals surface area (Å²) in [6.45, 7) is 3.12. The maximum Gasteiger partial charge on any atom is 0.157 e. The second-order valence-corrected chi connectivity index (χ2v) is 8.28. The summed E-state index contributed by atoms with van der Waals surface area (Å²) in [6.07, 6.45) is 3.58. The lowest BCUT2D eigenvalue weighted by molar-refractivity contribution is 0.340. The molecule has 0 atom stereocenters. The number of hydrogen-bond donors (Lipinski definition) is 1. The van der Waals surface area contributed by atoms with Gasteiger partial charge in [0.05, 0.1) is 18.1 Å². The molecule has 30 heavy (non-hydrogen) atoms. The van der Waals surface area contributed by atoms with E-state index in [4.69, 9.17) is 21.3 Å². The van der Waals surface area contributed by atoms with Crippen LogP contribution in [0.25, 0.3) is 33.3 Å². The largest absolute Gasteiger partial charge is 0.497 e. The van der Waals surface area contributed by atoms with Crippen LogP contribution in [0.15, 0.2) is 48.5 Å². The van der Waals surface area contributed by atoms with Gasteiger partial charge in [-0.2, -0.15) is 0 Å². The number of methoxy groups -OCH3 is 1. The number of fused-ring (bicyclic) bond motifs is 3. The first-order valence-electron chi connectivity index (χ1n) is 10.5. The zero-order valence-corrected chi connectivity index (χ0v) is 17.8. The Bertz CT molecular complexity index is 1180. The molecule has 0 unspecified atom stereocenters. The number of piperidine rings is 1. The molecule has 1 N–H and O–H groups in total. The number of hydrogen-bond acceptors (Lipinski definition) is 4. The van der Waals surface area contributed by atoms with Crippen molar-refractivity contribution in [3.8, 4) is 17.1 Å². The third-order valence-corrected chi connectivity index (χ3v) is 6.36. The summed E-state index contributed by atoms with van der Waals surface area (Å²) >= 11 is 6.60. The Labute approximate surface area is 181 Å². The summed E-state index contributed by atoms with van der Waals surface area (Å²) in [5, 5.41) is 4.93. The minimum Gasteiger partial charge on any atom is -0.497 e. The van der Waals surface area contributed by atoms with Gasteiger partial charge in [-0.05, 0) is 56.5 Å². The number of imidazole rings is 1. The van der Waals surface area contributed by atoms with Crippen LogP contribution < -0.4 is 10.1 Å². The van der Waals surface area contributed by atoms with Gasteiger partial charge in [0.1, 0.15) is 17.1 Å². The topological polar surface area (TPSA) is 52.0 Å². The first kappa shape index (κ1) is 19.3. The molecule has 0 aliphatic carbocycles. The van der Waals surface area contributed by atoms with Crippen molar-refractivity contribution in [3.63, 3.8) is 0 Å². The number of ether oxygens (including phenoxy) is 1. The Morgan fingerprint density at radius 3 is 2.67 bits per heavy atom. The smallest absolute Gasteiger partial charge is 0.157 e. The maximum atomic E-state index is 6.60. The number of benzene rings is 2. The van der Waals surface area contributed by atoms with Crippen molar-refractivity contribution in [2.45, 2.75) is 25.8 Å². The summed E-state index contributed by atoms with van der Waals surface area (Å²) in [6, 6.07) is 16.3. The van der Waals surface area contributed by atoms with E-state index in [1.807, 2.05) is 36.4 Å². The molecule has 3 heterocycles. The SMILES string of the molecule is COc1ccc2nc(Cl)c3nc(-c4ccccc4)n(CCC4CCNCC4)c3c2c1. The number of nitrogens with one attached hydrogen (secondary N) is 1. The monoisotopic (exact) mass is 420 g/mol. The lowest BCUT2D eigenvalue weighted by Crippen LogP contribution is -2.28. The molecule has 4 aromatic rings. The number of halogens is 1. The van der Waals surface area contributed by atoms with Crippen molar-refractivity contribution in [2.24, 2.45) is 5.92 Å². The average Bonchev–Trinajstić information content (AvgIpc) is 3.19. The third-order valence-electron chi connectivity index (χ3n) is 6.09. The van der Waals surface area contributed by atoms with E-state index in [0.717, 1.165) is 71.0 Å². The normalized spacial score (nSPS) is 15.1. The Balaban J connectivity index is 1.71. The zero-order valence-electron chi connectivity index (χ0n) is 17.1. The Morgan fingerprint density at radius 2 is 1.90 bits per heavy atom. The van der Waals surface area contributed by atoms with Gasteiger partial charge < -0.3 is 14.6 Å². The predicted molar refractivity (Wildman–Crippen MR) is 122 cm³/mol. The molecule has 1 aliphatic rings. The molecule has 1 saturated heterocycles. The van der Waals surface area contributed by atoms with E-state index in [2.05, 4.69) is 27.0 Å². The van der Waals surface area contributed by atoms with Gasteiger partial charge in [0.15, 0.2) is 5.15 Å². The lowest BCUT2D eigenvalue weighted by atomic mass is 9.94. The minimum atomic E-state index is 0.445. The van der Waals surface area contributed by atoms with Gasteiger partial charge in [-0.25, -0.2) is 9.97 Å². The first-order chi connectivity index (χ1) is 14.7. The van der Waals surface area contributed by atoms with Crippen LogP contribution in [-0.4, -0.2) is 34.7 Å². The highest BCUT2D eigenvalue weighted by Gasteiger charge is 2.21. The van der Waals surface area contributed by atoms with E-state index in [-0.39, 0.29) is 0 Å². The number of rotatable bonds is 5. The van der Waals surface area contributed by atoms with E-state index in [1.54, 1.807) is 7.11 Å². The van der Waals surface area contributed by atoms with Crippen molar-refractivity contribution in [2.75, 3.05) is 20.2 Å². The standard InChI is InChI=1S/C24H25ClN4O/c1-30-18-7-8-20-19(15-18)22-21(23(25)27-20)28-24(17-5-3-2-4-6-17)29(22)14-11-16-9-12-26-13-10-16/h2-8,15-16,26H,9-14H2,1H3. The molecule has 1 aliphatic heterocycles. The van der Waals surface area contributed by atoms with Crippen LogP contribution >= 0.6 is 11.6 Å². The second kappa shape index (κ2) is 8.25. The molecule has 5 nitrogen and oxygen atoms in total. The molecular weight excluding hydrogens is 396 g/mol. The van der Waals surface area contributed by atoms with E-state index in [9.17, 15) is 0 Å². The predicted octanol–water partition coefficient (Wildman–Crippen LogP) is 5.30. The summed E-state index contributed by atoms with van der Waals surface area (Å²) in [5.41, 5.74) is 3.74. The fourth-order valence-electron chi connectivity index (χ4n) is 4.47. The van der Waals surface area contributed by atoms with E-state index in [0.29, 0.717) is 5.15 Å². The maximum absolute atomic E-state index is 6.60. The van der Waals surface area contributed by atoms with Crippen molar-refractivity contribution in [1.82, 2.24) is 19.9 Å². The molecule has 154 valence electrons. The summed E-state index contributed by atoms with van der Waals surface area (Å²) in [7, 11) is 1.69. The molecule has 2 aromatic carbocycles. The molecule has 0 saturated carbocycles. The van der Waals surface area contributed by atoms with Gasteiger partial charge in [0.2, 0.25) is 0 Å². The van der Waals surface area contributed by atoms with E-state index < -0.39 is 0 Å². The van der Waals surface area contributed by atoms with Gasteiger partial charge in [-0.3, -0.25) is 0 Å².